The number of ether oxygens (including phenoxy) is 3. The molecule has 2 rings (SSSR count). The fourth-order valence-electron chi connectivity index (χ4n) is 1.80. The van der Waals surface area contributed by atoms with Gasteiger partial charge in [0.05, 0.1) is 32.6 Å². The van der Waals surface area contributed by atoms with Crippen LogP contribution < -0.4 is 19.9 Å². The number of hydrogen-bond acceptors (Lipinski definition) is 5. The minimum Gasteiger partial charge on any atom is -0.494 e. The third-order valence-corrected chi connectivity index (χ3v) is 2.66. The number of halogens is 1. The normalized spacial score (nSPS) is 10.3. The number of hydrogen-bond donors (Lipinski definition) is 2. The van der Waals surface area contributed by atoms with Gasteiger partial charge < -0.3 is 19.9 Å². The number of aromatic amines is 1. The molecule has 1 aromatic carbocycles. The van der Waals surface area contributed by atoms with E-state index in [1.807, 2.05) is 0 Å². The number of methoxy groups -OCH3 is 3. The van der Waals surface area contributed by atoms with Crippen LogP contribution in [0.4, 0.5) is 10.2 Å². The Morgan fingerprint density at radius 3 is 2.26 bits per heavy atom. The van der Waals surface area contributed by atoms with Crippen LogP contribution in [0.5, 0.6) is 17.2 Å². The summed E-state index contributed by atoms with van der Waals surface area (Å²) in [5.41, 5.74) is 6.06. The lowest BCUT2D eigenvalue weighted by atomic mass is 10.1. The number of rotatable bonds is 4. The van der Waals surface area contributed by atoms with Crippen molar-refractivity contribution in [3.8, 4) is 28.5 Å². The molecule has 3 N–H and O–H groups in total. The third kappa shape index (κ3) is 2.14. The lowest BCUT2D eigenvalue weighted by molar-refractivity contribution is 0.341. The summed E-state index contributed by atoms with van der Waals surface area (Å²) >= 11 is 0. The quantitative estimate of drug-likeness (QED) is 0.883. The summed E-state index contributed by atoms with van der Waals surface area (Å²) < 4.78 is 29.7. The van der Waals surface area contributed by atoms with Crippen LogP contribution in [-0.2, 0) is 0 Å². The Morgan fingerprint density at radius 2 is 1.79 bits per heavy atom. The second-order valence-corrected chi connectivity index (χ2v) is 3.71. The molecule has 2 aromatic rings. The molecule has 0 fully saturated rings. The third-order valence-electron chi connectivity index (χ3n) is 2.66. The smallest absolute Gasteiger partial charge is 0.178 e. The topological polar surface area (TPSA) is 82.4 Å². The van der Waals surface area contributed by atoms with E-state index in [2.05, 4.69) is 10.2 Å². The molecule has 0 saturated heterocycles. The van der Waals surface area contributed by atoms with Crippen molar-refractivity contribution >= 4 is 5.82 Å². The van der Waals surface area contributed by atoms with Crippen LogP contribution >= 0.6 is 0 Å². The summed E-state index contributed by atoms with van der Waals surface area (Å²) in [4.78, 5) is 0. The average Bonchev–Trinajstić information content (AvgIpc) is 2.84. The van der Waals surface area contributed by atoms with Gasteiger partial charge in [-0.1, -0.05) is 0 Å². The van der Waals surface area contributed by atoms with Crippen LogP contribution in [0.25, 0.3) is 11.3 Å². The van der Waals surface area contributed by atoms with Crippen molar-refractivity contribution in [2.75, 3.05) is 27.1 Å². The molecular formula is C12H14FN3O3. The molecule has 0 spiro atoms. The minimum absolute atomic E-state index is 0.0424. The van der Waals surface area contributed by atoms with Gasteiger partial charge in [-0.05, 0) is 0 Å². The highest BCUT2D eigenvalue weighted by Crippen LogP contribution is 2.43. The molecule has 0 aliphatic rings. The molecule has 19 heavy (non-hydrogen) atoms. The van der Waals surface area contributed by atoms with Crippen molar-refractivity contribution in [1.29, 1.82) is 0 Å². The lowest BCUT2D eigenvalue weighted by Gasteiger charge is -2.15. The number of H-pyrrole nitrogens is 1. The molecule has 0 aliphatic heterocycles. The highest BCUT2D eigenvalue weighted by Gasteiger charge is 2.23. The van der Waals surface area contributed by atoms with E-state index < -0.39 is 5.82 Å². The van der Waals surface area contributed by atoms with Crippen LogP contribution in [0.1, 0.15) is 0 Å². The number of nitrogens with zero attached hydrogens (tertiary/aromatic N) is 1. The first-order chi connectivity index (χ1) is 9.12. The molecule has 0 bridgehead atoms. The van der Waals surface area contributed by atoms with Gasteiger partial charge in [-0.15, -0.1) is 0 Å². The molecular weight excluding hydrogens is 253 g/mol. The molecule has 102 valence electrons. The van der Waals surface area contributed by atoms with E-state index in [0.717, 1.165) is 0 Å². The number of nitrogen functional groups attached to an aromatic ring is 1. The standard InChI is InChI=1S/C12H14FN3O3/c1-17-7-5-8(18-2)12(19-3)10(11(7)13)6-4-9(14)16-15-6/h4-5H,1-3H3,(H3,14,15,16). The maximum absolute atomic E-state index is 14.4. The van der Waals surface area contributed by atoms with Crippen LogP contribution in [0.2, 0.25) is 0 Å². The van der Waals surface area contributed by atoms with Gasteiger partial charge >= 0.3 is 0 Å². The molecule has 0 aliphatic carbocycles. The molecule has 0 saturated carbocycles. The maximum atomic E-state index is 14.4. The van der Waals surface area contributed by atoms with Gasteiger partial charge in [0.2, 0.25) is 0 Å². The Bertz CT molecular complexity index is 598. The Balaban J connectivity index is 2.75. The number of nitrogens with two attached hydrogens (primary N) is 1. The highest BCUT2D eigenvalue weighted by atomic mass is 19.1. The molecule has 0 unspecified atom stereocenters. The van der Waals surface area contributed by atoms with Crippen molar-refractivity contribution in [1.82, 2.24) is 10.2 Å². The summed E-state index contributed by atoms with van der Waals surface area (Å²) in [7, 11) is 4.25. The van der Waals surface area contributed by atoms with Crippen LogP contribution in [0.15, 0.2) is 12.1 Å². The van der Waals surface area contributed by atoms with E-state index >= 15 is 0 Å². The number of anilines is 1. The average molecular weight is 267 g/mol. The molecule has 1 heterocycles. The van der Waals surface area contributed by atoms with Gasteiger partial charge in [0, 0.05) is 12.1 Å². The van der Waals surface area contributed by atoms with Crippen LogP contribution in [0.3, 0.4) is 0 Å². The molecule has 0 atom stereocenters. The Hall–Kier alpha value is -2.44. The summed E-state index contributed by atoms with van der Waals surface area (Å²) in [6.45, 7) is 0. The fraction of sp³-hybridized carbons (Fsp3) is 0.250. The first-order valence-electron chi connectivity index (χ1n) is 5.42. The Kier molecular flexibility index (Phi) is 3.46. The van der Waals surface area contributed by atoms with E-state index in [0.29, 0.717) is 11.4 Å². The molecule has 1 aromatic heterocycles. The lowest BCUT2D eigenvalue weighted by Crippen LogP contribution is -1.99. The second kappa shape index (κ2) is 5.05. The van der Waals surface area contributed by atoms with Crippen molar-refractivity contribution in [2.24, 2.45) is 0 Å². The van der Waals surface area contributed by atoms with Crippen molar-refractivity contribution < 1.29 is 18.6 Å². The van der Waals surface area contributed by atoms with E-state index in [1.165, 1.54) is 33.5 Å². The van der Waals surface area contributed by atoms with Gasteiger partial charge in [-0.2, -0.15) is 5.10 Å². The SMILES string of the molecule is COc1cc(OC)c(OC)c(-c2cc(N)n[nH]2)c1F. The predicted octanol–water partition coefficient (Wildman–Crippen LogP) is 1.82. The fourth-order valence-corrected chi connectivity index (χ4v) is 1.80. The van der Waals surface area contributed by atoms with Crippen molar-refractivity contribution in [3.05, 3.63) is 17.9 Å². The number of nitrogens with one attached hydrogen (secondary N) is 1. The van der Waals surface area contributed by atoms with Gasteiger partial charge in [0.1, 0.15) is 5.82 Å². The molecule has 6 nitrogen and oxygen atoms in total. The predicted molar refractivity (Wildman–Crippen MR) is 68.1 cm³/mol. The van der Waals surface area contributed by atoms with E-state index in [9.17, 15) is 4.39 Å². The zero-order valence-corrected chi connectivity index (χ0v) is 10.8. The van der Waals surface area contributed by atoms with Crippen molar-refractivity contribution in [2.45, 2.75) is 0 Å². The second-order valence-electron chi connectivity index (χ2n) is 3.71. The number of benzene rings is 1. The van der Waals surface area contributed by atoms with Gasteiger partial charge in [-0.25, -0.2) is 4.39 Å². The van der Waals surface area contributed by atoms with Crippen LogP contribution in [0, 0.1) is 5.82 Å². The molecule has 0 radical (unpaired) electrons. The Labute approximate surface area is 109 Å². The monoisotopic (exact) mass is 267 g/mol. The van der Waals surface area contributed by atoms with Gasteiger partial charge in [-0.3, -0.25) is 5.10 Å². The summed E-state index contributed by atoms with van der Waals surface area (Å²) in [6.07, 6.45) is 0. The number of aromatic nitrogens is 2. The first kappa shape index (κ1) is 13.0. The maximum Gasteiger partial charge on any atom is 0.178 e. The van der Waals surface area contributed by atoms with E-state index in [-0.39, 0.29) is 22.9 Å². The molecule has 0 amide bonds. The van der Waals surface area contributed by atoms with E-state index in [4.69, 9.17) is 19.9 Å². The largest absolute Gasteiger partial charge is 0.494 e. The van der Waals surface area contributed by atoms with Gasteiger partial charge in [0.25, 0.3) is 0 Å². The zero-order chi connectivity index (χ0) is 14.0. The van der Waals surface area contributed by atoms with Gasteiger partial charge in [0.15, 0.2) is 23.1 Å². The minimum atomic E-state index is -0.580. The first-order valence-corrected chi connectivity index (χ1v) is 5.42. The van der Waals surface area contributed by atoms with Crippen molar-refractivity contribution in [3.63, 3.8) is 0 Å². The van der Waals surface area contributed by atoms with Crippen LogP contribution in [-0.4, -0.2) is 31.5 Å². The summed E-state index contributed by atoms with van der Waals surface area (Å²) in [6, 6.07) is 2.91. The molecule has 7 heteroatoms. The summed E-state index contributed by atoms with van der Waals surface area (Å²) in [5, 5.41) is 6.40. The summed E-state index contributed by atoms with van der Waals surface area (Å²) in [5.74, 6) is 0.302. The van der Waals surface area contributed by atoms with E-state index in [1.54, 1.807) is 0 Å². The zero-order valence-electron chi connectivity index (χ0n) is 10.8. The Morgan fingerprint density at radius 1 is 1.11 bits per heavy atom. The highest BCUT2D eigenvalue weighted by molar-refractivity contribution is 5.75.